The average Bonchev–Trinajstić information content (AvgIpc) is 1.86. The third-order valence-corrected chi connectivity index (χ3v) is 17.5. The number of ketones is 1. The van der Waals surface area contributed by atoms with Gasteiger partial charge in [0.2, 0.25) is 0 Å². The van der Waals surface area contributed by atoms with E-state index in [1.54, 1.807) is 0 Å². The van der Waals surface area contributed by atoms with Crippen molar-refractivity contribution < 1.29 is 46.8 Å². The Labute approximate surface area is 549 Å². The van der Waals surface area contributed by atoms with Crippen molar-refractivity contribution in [1.29, 1.82) is 0 Å². The van der Waals surface area contributed by atoms with Crippen molar-refractivity contribution >= 4 is 41.7 Å². The van der Waals surface area contributed by atoms with Gasteiger partial charge in [0.15, 0.2) is 5.78 Å². The van der Waals surface area contributed by atoms with Crippen LogP contribution in [0, 0.1) is 28.2 Å². The molecule has 0 aliphatic carbocycles. The summed E-state index contributed by atoms with van der Waals surface area (Å²) in [5.74, 6) is 0.246. The summed E-state index contributed by atoms with van der Waals surface area (Å²) in [5.41, 5.74) is 19.0. The number of esters is 2. The number of carbonyl (C=O) groups is 3. The molecule has 0 saturated heterocycles. The summed E-state index contributed by atoms with van der Waals surface area (Å²) in [6, 6.07) is 5.91. The zero-order chi connectivity index (χ0) is 64.8. The maximum atomic E-state index is 13.7. The molecular weight excluding hydrogens is 1220 g/mol. The summed E-state index contributed by atoms with van der Waals surface area (Å²) in [4.78, 5) is 38.9. The van der Waals surface area contributed by atoms with Crippen LogP contribution < -0.4 is 9.47 Å². The van der Waals surface area contributed by atoms with Gasteiger partial charge in [-0.15, -0.1) is 0 Å². The molecule has 7 nitrogen and oxygen atoms in total. The quantitative estimate of drug-likeness (QED) is 0.0125. The summed E-state index contributed by atoms with van der Waals surface area (Å²) in [7, 11) is 14.0. The minimum atomic E-state index is -2.12. The standard InChI is InChI=1S/C77H112O7.CH3.2ClH.Ru/c1-55(2)28-19-29-57(5)30-20-31-58(6)32-21-33-59(7)34-22-35-60(8)36-23-37-61(9)38-24-39-62(10)40-25-41-63(11)42-26-43-64(12)44-27-45-65(13)46-49-72-69(17)76(84-75(80)53-71(78)54-81-18)67(15)68(16)77(72)83-74(79)51-48-70-47-50-73(66(14)52-70)82-56(3)4;;;;/h14,28,30,32,34,36,38,40,42,44,46-47,50,52,56H,19-27,29,31,33,35,37,39,41,43,45,48-49,51,53-54H2,1-13,15-18H3;1H3;2*1H;/q;-1;;;+2/p-1/b57-30+,58-32+,59-34+,60-36+,61-38+,62-40+,63-42+,64-44+,65-46+;;;;. The Balaban J connectivity index is 0.0000387. The van der Waals surface area contributed by atoms with E-state index in [2.05, 4.69) is 137 Å². The predicted octanol–water partition coefficient (Wildman–Crippen LogP) is 22.9. The molecule has 2 aromatic carbocycles. The van der Waals surface area contributed by atoms with Crippen LogP contribution in [0.5, 0.6) is 17.2 Å². The van der Waals surface area contributed by atoms with Gasteiger partial charge in [-0.1, -0.05) is 110 Å². The van der Waals surface area contributed by atoms with Crippen molar-refractivity contribution in [3.05, 3.63) is 175 Å². The van der Waals surface area contributed by atoms with Gasteiger partial charge in [0.1, 0.15) is 13.0 Å². The first-order valence-electron chi connectivity index (χ1n) is 32.0. The second kappa shape index (κ2) is 46.4. The predicted molar refractivity (Wildman–Crippen MR) is 378 cm³/mol. The number of aryl methyl sites for hydroxylation is 1. The zero-order valence-corrected chi connectivity index (χ0v) is 61.2. The van der Waals surface area contributed by atoms with E-state index >= 15 is 0 Å². The minimum Gasteiger partial charge on any atom is -0.358 e. The van der Waals surface area contributed by atoms with E-state index < -0.39 is 25.9 Å². The molecule has 0 atom stereocenters. The van der Waals surface area contributed by atoms with Crippen LogP contribution in [0.15, 0.2) is 135 Å². The van der Waals surface area contributed by atoms with Crippen LogP contribution >= 0.6 is 19.4 Å². The van der Waals surface area contributed by atoms with E-state index in [0.29, 0.717) is 41.0 Å². The molecule has 0 bridgehead atoms. The second-order valence-electron chi connectivity index (χ2n) is 24.8. The Morgan fingerprint density at radius 2 is 0.864 bits per heavy atom. The summed E-state index contributed by atoms with van der Waals surface area (Å²) in [5, 5.41) is 0. The van der Waals surface area contributed by atoms with Gasteiger partial charge in [0, 0.05) is 7.11 Å². The number of methoxy groups -OCH3 is 1. The summed E-state index contributed by atoms with van der Waals surface area (Å²) < 4.78 is 23.6. The van der Waals surface area contributed by atoms with Crippen molar-refractivity contribution in [2.75, 3.05) is 13.7 Å². The van der Waals surface area contributed by atoms with Crippen molar-refractivity contribution in [2.24, 2.45) is 0 Å². The Hall–Kier alpha value is -4.72. The molecule has 0 fully saturated rings. The Morgan fingerprint density at radius 1 is 0.500 bits per heavy atom. The molecule has 1 N–H and O–H groups in total. The Morgan fingerprint density at radius 3 is 1.23 bits per heavy atom. The second-order valence-corrected chi connectivity index (χ2v) is 30.5. The average molecular weight is 1340 g/mol. The van der Waals surface area contributed by atoms with Crippen LogP contribution in [0.3, 0.4) is 0 Å². The molecule has 0 aromatic heterocycles. The maximum absolute atomic E-state index is 13.7. The molecule has 0 saturated carbocycles. The number of aliphatic hydroxyl groups is 1. The third kappa shape index (κ3) is 36.8. The molecule has 88 heavy (non-hydrogen) atoms. The number of carbonyl (C=O) groups excluding carboxylic acids is 3. The Bertz CT molecular complexity index is 2890. The Kier molecular flexibility index (Phi) is 42.8. The monoisotopic (exact) mass is 1340 g/mol. The normalized spacial score (nSPS) is 13.4. The van der Waals surface area contributed by atoms with Gasteiger partial charge in [0.25, 0.3) is 0 Å². The number of ether oxygens (including phenoxy) is 4. The van der Waals surface area contributed by atoms with Crippen molar-refractivity contribution in [2.45, 2.75) is 258 Å². The summed E-state index contributed by atoms with van der Waals surface area (Å²) in [6.45, 7) is 34.1. The molecule has 0 aliphatic heterocycles. The first-order chi connectivity index (χ1) is 41.3. The van der Waals surface area contributed by atoms with Gasteiger partial charge in [-0.3, -0.25) is 9.59 Å². The van der Waals surface area contributed by atoms with E-state index in [9.17, 15) is 14.4 Å². The van der Waals surface area contributed by atoms with Crippen molar-refractivity contribution in [3.8, 4) is 17.2 Å². The van der Waals surface area contributed by atoms with Crippen LogP contribution in [0.25, 0.3) is 0 Å². The van der Waals surface area contributed by atoms with Crippen molar-refractivity contribution in [1.82, 2.24) is 0 Å². The van der Waals surface area contributed by atoms with Crippen LogP contribution in [0.2, 0.25) is 0 Å². The number of halogens is 2. The third-order valence-electron chi connectivity index (χ3n) is 15.7. The van der Waals surface area contributed by atoms with Crippen LogP contribution in [0.1, 0.15) is 252 Å². The minimum absolute atomic E-state index is 0. The van der Waals surface area contributed by atoms with Gasteiger partial charge in [0.05, 0.1) is 0 Å². The summed E-state index contributed by atoms with van der Waals surface area (Å²) >= 11 is -2.12. The molecular formula is C78H116Cl2O7Ru. The molecule has 0 radical (unpaired) electrons. The van der Waals surface area contributed by atoms with Crippen molar-refractivity contribution in [3.63, 3.8) is 0 Å². The number of allylic oxidation sites excluding steroid dienone is 20. The zero-order valence-electron chi connectivity index (χ0n) is 57.9. The van der Waals surface area contributed by atoms with Gasteiger partial charge >= 0.3 is 199 Å². The number of hydrogen-bond acceptors (Lipinski definition) is 6. The molecule has 10 heteroatoms. The first-order valence-corrected chi connectivity index (χ1v) is 37.5. The number of Topliss-reactive ketones (excluding diaryl/α,β-unsaturated/α-hetero) is 1. The number of hydrogen-bond donors (Lipinski definition) is 0. The molecule has 0 spiro atoms. The fourth-order valence-corrected chi connectivity index (χ4v) is 11.9. The molecule has 0 heterocycles. The number of aromatic hydroxyl groups is 1. The van der Waals surface area contributed by atoms with E-state index in [0.717, 1.165) is 132 Å². The smallest absolute Gasteiger partial charge is 0.358 e. The van der Waals surface area contributed by atoms with Gasteiger partial charge < -0.3 is 16.9 Å². The van der Waals surface area contributed by atoms with Gasteiger partial charge in [-0.2, -0.15) is 0 Å². The van der Waals surface area contributed by atoms with Gasteiger partial charge in [-0.05, 0) is 192 Å². The fourth-order valence-electron chi connectivity index (χ4n) is 10.1. The van der Waals surface area contributed by atoms with Crippen LogP contribution in [0.4, 0.5) is 0 Å². The molecule has 2 aromatic rings. The molecule has 0 aliphatic rings. The molecule has 492 valence electrons. The molecule has 2 rings (SSSR count). The van der Waals surface area contributed by atoms with Gasteiger partial charge in [-0.25, -0.2) is 0 Å². The van der Waals surface area contributed by atoms with E-state index in [4.69, 9.17) is 38.3 Å². The van der Waals surface area contributed by atoms with E-state index in [1.165, 1.54) is 69.3 Å². The first kappa shape index (κ1) is 81.3. The summed E-state index contributed by atoms with van der Waals surface area (Å²) in [6.07, 6.45) is 44.3. The van der Waals surface area contributed by atoms with Crippen LogP contribution in [-0.4, -0.2) is 46.9 Å². The van der Waals surface area contributed by atoms with E-state index in [-0.39, 0.29) is 38.3 Å². The fraction of sp³-hybridized carbons (Fsp3) is 0.526. The number of rotatable bonds is 41. The molecule has 0 unspecified atom stereocenters. The molecule has 0 amide bonds. The number of benzene rings is 2. The van der Waals surface area contributed by atoms with E-state index in [1.807, 2.05) is 57.4 Å². The SMILES string of the molecule is COCC(=O)CC(=O)Oc1c(C)c(C)c(OC(=O)CCc2ccc([OH+]C(C)C)c([CH]=[Ru]([Cl])[Cl])c2)c(C/C=C(\C)CC/C=C(\C)CC/C=C(\C)CC/C=C(\C)CC/C=C(\C)CC/C=C(\C)CC/C=C(\C)CC/C=C(\C)CC/C=C(\C)CCC=C(C)C)c1C.[CH3-]. The topological polar surface area (TPSA) is 91.7 Å². The van der Waals surface area contributed by atoms with Crippen LogP contribution in [-0.2, 0) is 45.5 Å².